The van der Waals surface area contributed by atoms with E-state index in [1.54, 1.807) is 12.1 Å². The molecule has 0 saturated carbocycles. The van der Waals surface area contributed by atoms with Crippen LogP contribution in [0.15, 0.2) is 59.0 Å². The van der Waals surface area contributed by atoms with Gasteiger partial charge in [-0.2, -0.15) is 0 Å². The van der Waals surface area contributed by atoms with Crippen LogP contribution in [0.3, 0.4) is 0 Å². The van der Waals surface area contributed by atoms with Crippen LogP contribution in [0.4, 0.5) is 5.69 Å². The average molecular weight is 391 g/mol. The first-order chi connectivity index (χ1) is 13.4. The van der Waals surface area contributed by atoms with E-state index in [-0.39, 0.29) is 5.91 Å². The molecule has 5 heteroatoms. The lowest BCUT2D eigenvalue weighted by Gasteiger charge is -2.10. The Hall–Kier alpha value is -3.11. The number of hydrogen-bond donors (Lipinski definition) is 1. The van der Waals surface area contributed by atoms with Gasteiger partial charge in [-0.25, -0.2) is 4.98 Å². The van der Waals surface area contributed by atoms with Crippen molar-refractivity contribution in [1.29, 1.82) is 0 Å². The van der Waals surface area contributed by atoms with Gasteiger partial charge in [-0.3, -0.25) is 4.79 Å². The Morgan fingerprint density at radius 2 is 1.71 bits per heavy atom. The fourth-order valence-electron chi connectivity index (χ4n) is 3.17. The summed E-state index contributed by atoms with van der Waals surface area (Å²) in [4.78, 5) is 17.3. The molecule has 4 aromatic rings. The molecule has 0 fully saturated rings. The van der Waals surface area contributed by atoms with Crippen molar-refractivity contribution in [2.24, 2.45) is 0 Å². The number of carbonyl (C=O) groups is 1. The normalized spacial score (nSPS) is 11.0. The molecule has 0 aliphatic heterocycles. The van der Waals surface area contributed by atoms with Crippen molar-refractivity contribution in [3.05, 3.63) is 81.9 Å². The highest BCUT2D eigenvalue weighted by Crippen LogP contribution is 2.31. The van der Waals surface area contributed by atoms with Crippen molar-refractivity contribution in [2.75, 3.05) is 5.32 Å². The number of fused-ring (bicyclic) bond motifs is 1. The molecule has 0 bridgehead atoms. The largest absolute Gasteiger partial charge is 0.436 e. The molecule has 0 spiro atoms. The summed E-state index contributed by atoms with van der Waals surface area (Å²) in [5.74, 6) is 0.282. The first kappa shape index (κ1) is 18.3. The van der Waals surface area contributed by atoms with E-state index in [1.165, 1.54) is 0 Å². The van der Waals surface area contributed by atoms with Crippen molar-refractivity contribution < 1.29 is 9.21 Å². The summed E-state index contributed by atoms with van der Waals surface area (Å²) in [6.45, 7) is 5.92. The quantitative estimate of drug-likeness (QED) is 0.445. The molecule has 4 rings (SSSR count). The van der Waals surface area contributed by atoms with E-state index >= 15 is 0 Å². The SMILES string of the molecule is Cc1ccc(C(=O)Nc2cc(-c3nc4cc(C)ccc4o3)ccc2Cl)c(C)c1. The minimum Gasteiger partial charge on any atom is -0.436 e. The van der Waals surface area contributed by atoms with Crippen LogP contribution in [-0.2, 0) is 0 Å². The maximum absolute atomic E-state index is 12.7. The minimum absolute atomic E-state index is 0.204. The Labute approximate surface area is 168 Å². The molecule has 0 aliphatic rings. The van der Waals surface area contributed by atoms with Gasteiger partial charge < -0.3 is 9.73 Å². The van der Waals surface area contributed by atoms with E-state index in [4.69, 9.17) is 16.0 Å². The molecule has 3 aromatic carbocycles. The van der Waals surface area contributed by atoms with Crippen LogP contribution in [0.5, 0.6) is 0 Å². The highest BCUT2D eigenvalue weighted by Gasteiger charge is 2.14. The summed E-state index contributed by atoms with van der Waals surface area (Å²) in [7, 11) is 0. The summed E-state index contributed by atoms with van der Waals surface area (Å²) in [6.07, 6.45) is 0. The molecule has 1 aromatic heterocycles. The van der Waals surface area contributed by atoms with E-state index in [9.17, 15) is 4.79 Å². The predicted molar refractivity (Wildman–Crippen MR) is 113 cm³/mol. The highest BCUT2D eigenvalue weighted by atomic mass is 35.5. The second-order valence-electron chi connectivity index (χ2n) is 6.96. The van der Waals surface area contributed by atoms with Crippen molar-refractivity contribution in [1.82, 2.24) is 4.98 Å². The van der Waals surface area contributed by atoms with Gasteiger partial charge in [-0.1, -0.05) is 35.4 Å². The number of anilines is 1. The number of hydrogen-bond acceptors (Lipinski definition) is 3. The third-order valence-corrected chi connectivity index (χ3v) is 4.96. The second-order valence-corrected chi connectivity index (χ2v) is 7.36. The van der Waals surface area contributed by atoms with Crippen LogP contribution in [0, 0.1) is 20.8 Å². The lowest BCUT2D eigenvalue weighted by Crippen LogP contribution is -2.13. The van der Waals surface area contributed by atoms with Crippen molar-refractivity contribution >= 4 is 34.3 Å². The monoisotopic (exact) mass is 390 g/mol. The number of aromatic nitrogens is 1. The molecule has 0 unspecified atom stereocenters. The molecule has 0 atom stereocenters. The molecular formula is C23H19ClN2O2. The minimum atomic E-state index is -0.204. The van der Waals surface area contributed by atoms with E-state index in [1.807, 2.05) is 63.2 Å². The third-order valence-electron chi connectivity index (χ3n) is 4.63. The molecular weight excluding hydrogens is 372 g/mol. The summed E-state index contributed by atoms with van der Waals surface area (Å²) >= 11 is 6.31. The van der Waals surface area contributed by atoms with Crippen LogP contribution < -0.4 is 5.32 Å². The zero-order chi connectivity index (χ0) is 19.8. The number of nitrogens with one attached hydrogen (secondary N) is 1. The zero-order valence-electron chi connectivity index (χ0n) is 15.8. The Kier molecular flexibility index (Phi) is 4.65. The lowest BCUT2D eigenvalue weighted by atomic mass is 10.1. The molecule has 4 nitrogen and oxygen atoms in total. The summed E-state index contributed by atoms with van der Waals surface area (Å²) in [6, 6.07) is 16.9. The van der Waals surface area contributed by atoms with Crippen LogP contribution in [0.25, 0.3) is 22.6 Å². The van der Waals surface area contributed by atoms with Crippen molar-refractivity contribution in [2.45, 2.75) is 20.8 Å². The number of oxazole rings is 1. The maximum Gasteiger partial charge on any atom is 0.255 e. The van der Waals surface area contributed by atoms with Gasteiger partial charge in [0.05, 0.1) is 10.7 Å². The molecule has 140 valence electrons. The number of amides is 1. The maximum atomic E-state index is 12.7. The van der Waals surface area contributed by atoms with Gasteiger partial charge in [0.15, 0.2) is 5.58 Å². The molecule has 0 aliphatic carbocycles. The summed E-state index contributed by atoms with van der Waals surface area (Å²) in [5.41, 5.74) is 6.53. The van der Waals surface area contributed by atoms with Crippen molar-refractivity contribution in [3.8, 4) is 11.5 Å². The molecule has 0 radical (unpaired) electrons. The van der Waals surface area contributed by atoms with Gasteiger partial charge in [0.25, 0.3) is 5.91 Å². The van der Waals surface area contributed by atoms with Gasteiger partial charge in [0, 0.05) is 11.1 Å². The Morgan fingerprint density at radius 1 is 0.964 bits per heavy atom. The van der Waals surface area contributed by atoms with Gasteiger partial charge in [-0.05, 0) is 68.3 Å². The third kappa shape index (κ3) is 3.51. The van der Waals surface area contributed by atoms with Crippen molar-refractivity contribution in [3.63, 3.8) is 0 Å². The van der Waals surface area contributed by atoms with Crippen LogP contribution >= 0.6 is 11.6 Å². The molecule has 1 amide bonds. The number of benzene rings is 3. The lowest BCUT2D eigenvalue weighted by molar-refractivity contribution is 0.102. The predicted octanol–water partition coefficient (Wildman–Crippen LogP) is 6.33. The molecule has 1 N–H and O–H groups in total. The fraction of sp³-hybridized carbons (Fsp3) is 0.130. The van der Waals surface area contributed by atoms with Crippen LogP contribution in [0.1, 0.15) is 27.0 Å². The molecule has 0 saturated heterocycles. The smallest absolute Gasteiger partial charge is 0.255 e. The number of halogens is 1. The van der Waals surface area contributed by atoms with E-state index < -0.39 is 0 Å². The molecule has 28 heavy (non-hydrogen) atoms. The Morgan fingerprint density at radius 3 is 2.50 bits per heavy atom. The topological polar surface area (TPSA) is 55.1 Å². The summed E-state index contributed by atoms with van der Waals surface area (Å²) in [5, 5.41) is 3.35. The van der Waals surface area contributed by atoms with Gasteiger partial charge >= 0.3 is 0 Å². The fourth-order valence-corrected chi connectivity index (χ4v) is 3.34. The number of rotatable bonds is 3. The first-order valence-corrected chi connectivity index (χ1v) is 9.34. The second kappa shape index (κ2) is 7.13. The van der Waals surface area contributed by atoms with E-state index in [0.717, 1.165) is 33.4 Å². The highest BCUT2D eigenvalue weighted by molar-refractivity contribution is 6.34. The average Bonchev–Trinajstić information content (AvgIpc) is 3.06. The van der Waals surface area contributed by atoms with Gasteiger partial charge in [-0.15, -0.1) is 0 Å². The first-order valence-electron chi connectivity index (χ1n) is 8.96. The Balaban J connectivity index is 1.67. The summed E-state index contributed by atoms with van der Waals surface area (Å²) < 4.78 is 5.86. The molecule has 1 heterocycles. The van der Waals surface area contributed by atoms with E-state index in [2.05, 4.69) is 10.3 Å². The Bertz CT molecular complexity index is 1210. The van der Waals surface area contributed by atoms with Gasteiger partial charge in [0.1, 0.15) is 5.52 Å². The van der Waals surface area contributed by atoms with Crippen LogP contribution in [0.2, 0.25) is 5.02 Å². The number of carbonyl (C=O) groups excluding carboxylic acids is 1. The number of aryl methyl sites for hydroxylation is 3. The van der Waals surface area contributed by atoms with Crippen LogP contribution in [-0.4, -0.2) is 10.9 Å². The van der Waals surface area contributed by atoms with Gasteiger partial charge in [0.2, 0.25) is 5.89 Å². The number of nitrogens with zero attached hydrogens (tertiary/aromatic N) is 1. The zero-order valence-corrected chi connectivity index (χ0v) is 16.6. The standard InChI is InChI=1S/C23H19ClN2O2/c1-13-4-7-17(15(3)10-13)22(27)25-19-12-16(6-8-18(19)24)23-26-20-11-14(2)5-9-21(20)28-23/h4-12H,1-3H3,(H,25,27). The van der Waals surface area contributed by atoms with E-state index in [0.29, 0.717) is 22.2 Å².